The number of carbonyl (C=O) groups excluding carboxylic acids is 1. The zero-order valence-corrected chi connectivity index (χ0v) is 21.5. The van der Waals surface area contributed by atoms with E-state index in [4.69, 9.17) is 10.5 Å². The monoisotopic (exact) mass is 555 g/mol. The second-order valence-corrected chi connectivity index (χ2v) is 9.11. The molecule has 4 aromatic rings. The molecule has 208 valence electrons. The lowest BCUT2D eigenvalue weighted by atomic mass is 10.1. The van der Waals surface area contributed by atoms with Gasteiger partial charge in [0.05, 0.1) is 17.8 Å². The molecule has 0 aliphatic carbocycles. The fourth-order valence-corrected chi connectivity index (χ4v) is 3.89. The predicted molar refractivity (Wildman–Crippen MR) is 137 cm³/mol. The lowest BCUT2D eigenvalue weighted by Gasteiger charge is -2.28. The summed E-state index contributed by atoms with van der Waals surface area (Å²) in [7, 11) is 0. The van der Waals surface area contributed by atoms with Crippen molar-refractivity contribution in [3.63, 3.8) is 0 Å². The van der Waals surface area contributed by atoms with Crippen LogP contribution >= 0.6 is 0 Å². The number of carboxylic acids is 1. The Morgan fingerprint density at radius 2 is 1.82 bits per heavy atom. The maximum atomic E-state index is 13.9. The van der Waals surface area contributed by atoms with Gasteiger partial charge in [-0.25, -0.2) is 14.5 Å². The van der Waals surface area contributed by atoms with Crippen molar-refractivity contribution in [2.45, 2.75) is 39.5 Å². The van der Waals surface area contributed by atoms with E-state index in [1.54, 1.807) is 38.1 Å². The van der Waals surface area contributed by atoms with Gasteiger partial charge in [0.2, 0.25) is 11.8 Å². The highest BCUT2D eigenvalue weighted by atomic mass is 19.4. The number of aromatic carboxylic acids is 1. The quantitative estimate of drug-likeness (QED) is 0.319. The Morgan fingerprint density at radius 3 is 2.40 bits per heavy atom. The van der Waals surface area contributed by atoms with Crippen molar-refractivity contribution < 1.29 is 32.6 Å². The minimum Gasteiger partial charge on any atom is -0.478 e. The van der Waals surface area contributed by atoms with Gasteiger partial charge in [0, 0.05) is 17.8 Å². The van der Waals surface area contributed by atoms with Gasteiger partial charge in [-0.2, -0.15) is 13.2 Å². The Morgan fingerprint density at radius 1 is 1.12 bits per heavy atom. The minimum atomic E-state index is -4.85. The Hall–Kier alpha value is -5.01. The zero-order chi connectivity index (χ0) is 29.2. The molecule has 0 aliphatic heterocycles. The molecule has 40 heavy (non-hydrogen) atoms. The summed E-state index contributed by atoms with van der Waals surface area (Å²) in [6, 6.07) is 10.8. The number of ether oxygens (including phenoxy) is 1. The third-order valence-corrected chi connectivity index (χ3v) is 5.81. The summed E-state index contributed by atoms with van der Waals surface area (Å²) in [5, 5.41) is 20.3. The molecular weight excluding hydrogens is 531 g/mol. The number of pyridine rings is 1. The van der Waals surface area contributed by atoms with Crippen LogP contribution in [0.5, 0.6) is 11.6 Å². The van der Waals surface area contributed by atoms with Crippen LogP contribution in [0.1, 0.15) is 51.3 Å². The SMILES string of the molecule is Cc1ccc(C(=O)N(c2ccc(Oc3ncc(Cn4nnnc4N)cc3C(F)(F)F)cc2C(=O)O)C(C)C)cc1. The second-order valence-electron chi connectivity index (χ2n) is 9.11. The lowest BCUT2D eigenvalue weighted by Crippen LogP contribution is -2.38. The van der Waals surface area contributed by atoms with Crippen LogP contribution in [0.15, 0.2) is 54.7 Å². The Bertz CT molecular complexity index is 1550. The summed E-state index contributed by atoms with van der Waals surface area (Å²) in [6.45, 7) is 5.12. The van der Waals surface area contributed by atoms with Crippen molar-refractivity contribution >= 4 is 23.5 Å². The van der Waals surface area contributed by atoms with Crippen molar-refractivity contribution in [3.05, 3.63) is 82.5 Å². The third-order valence-electron chi connectivity index (χ3n) is 5.81. The Labute approximate surface area is 226 Å². The number of halogens is 3. The van der Waals surface area contributed by atoms with E-state index in [2.05, 4.69) is 20.5 Å². The molecule has 1 amide bonds. The van der Waals surface area contributed by atoms with Crippen LogP contribution in [0.4, 0.5) is 24.8 Å². The normalized spacial score (nSPS) is 11.5. The van der Waals surface area contributed by atoms with E-state index in [0.29, 0.717) is 5.56 Å². The first-order chi connectivity index (χ1) is 18.8. The number of amides is 1. The van der Waals surface area contributed by atoms with Crippen LogP contribution in [-0.4, -0.2) is 48.2 Å². The molecule has 14 heteroatoms. The van der Waals surface area contributed by atoms with E-state index in [1.165, 1.54) is 17.0 Å². The molecule has 3 N–H and O–H groups in total. The van der Waals surface area contributed by atoms with Crippen LogP contribution < -0.4 is 15.4 Å². The van der Waals surface area contributed by atoms with Gasteiger partial charge in [-0.3, -0.25) is 4.79 Å². The number of benzene rings is 2. The molecule has 0 saturated carbocycles. The summed E-state index contributed by atoms with van der Waals surface area (Å²) in [5.41, 5.74) is 5.48. The van der Waals surface area contributed by atoms with Gasteiger partial charge in [0.15, 0.2) is 0 Å². The van der Waals surface area contributed by atoms with Gasteiger partial charge < -0.3 is 20.5 Å². The minimum absolute atomic E-state index is 0.0545. The first-order valence-corrected chi connectivity index (χ1v) is 11.9. The molecule has 0 bridgehead atoms. The lowest BCUT2D eigenvalue weighted by molar-refractivity contribution is -0.138. The highest BCUT2D eigenvalue weighted by molar-refractivity contribution is 6.09. The average Bonchev–Trinajstić information content (AvgIpc) is 3.29. The van der Waals surface area contributed by atoms with E-state index >= 15 is 0 Å². The van der Waals surface area contributed by atoms with Gasteiger partial charge in [0.1, 0.15) is 11.3 Å². The summed E-state index contributed by atoms with van der Waals surface area (Å²) < 4.78 is 48.2. The largest absolute Gasteiger partial charge is 0.478 e. The van der Waals surface area contributed by atoms with Crippen molar-refractivity contribution in [1.82, 2.24) is 25.2 Å². The molecule has 0 atom stereocenters. The molecule has 2 aromatic heterocycles. The molecule has 0 saturated heterocycles. The fourth-order valence-electron chi connectivity index (χ4n) is 3.89. The number of alkyl halides is 3. The predicted octanol–water partition coefficient (Wildman–Crippen LogP) is 4.57. The smallest absolute Gasteiger partial charge is 0.421 e. The van der Waals surface area contributed by atoms with Crippen LogP contribution in [0.2, 0.25) is 0 Å². The molecule has 0 unspecified atom stereocenters. The van der Waals surface area contributed by atoms with Crippen molar-refractivity contribution in [1.29, 1.82) is 0 Å². The molecule has 0 aliphatic rings. The van der Waals surface area contributed by atoms with E-state index in [-0.39, 0.29) is 35.1 Å². The first-order valence-electron chi connectivity index (χ1n) is 11.9. The van der Waals surface area contributed by atoms with Crippen LogP contribution in [0, 0.1) is 6.92 Å². The van der Waals surface area contributed by atoms with Crippen LogP contribution in [0.3, 0.4) is 0 Å². The summed E-state index contributed by atoms with van der Waals surface area (Å²) in [6.07, 6.45) is -3.71. The van der Waals surface area contributed by atoms with Gasteiger partial charge in [0.25, 0.3) is 5.91 Å². The maximum absolute atomic E-state index is 13.9. The number of aryl methyl sites for hydroxylation is 1. The standard InChI is InChI=1S/C26H24F3N7O4/c1-14(2)36(23(37)17-6-4-15(3)5-7-17)21-9-8-18(11-19(21)24(38)39)40-22-20(26(27,28)29)10-16(12-31-22)13-35-25(30)32-33-34-35/h4-12,14H,13H2,1-3H3,(H,38,39)(H2,30,32,34). The number of aromatic nitrogens is 5. The third kappa shape index (κ3) is 6.00. The summed E-state index contributed by atoms with van der Waals surface area (Å²) in [4.78, 5) is 30.6. The molecule has 0 fully saturated rings. The number of hydrogen-bond donors (Lipinski definition) is 2. The maximum Gasteiger partial charge on any atom is 0.421 e. The van der Waals surface area contributed by atoms with Gasteiger partial charge >= 0.3 is 12.1 Å². The fraction of sp³-hybridized carbons (Fsp3) is 0.231. The molecule has 0 spiro atoms. The molecule has 11 nitrogen and oxygen atoms in total. The van der Waals surface area contributed by atoms with Crippen molar-refractivity contribution in [2.24, 2.45) is 0 Å². The van der Waals surface area contributed by atoms with E-state index < -0.39 is 35.5 Å². The van der Waals surface area contributed by atoms with Gasteiger partial charge in [-0.15, -0.1) is 0 Å². The first kappa shape index (κ1) is 28.0. The molecule has 0 radical (unpaired) electrons. The summed E-state index contributed by atoms with van der Waals surface area (Å²) in [5.74, 6) is -2.94. The molecule has 2 aromatic carbocycles. The highest BCUT2D eigenvalue weighted by Crippen LogP contribution is 2.38. The van der Waals surface area contributed by atoms with Gasteiger partial charge in [-0.05, 0) is 73.2 Å². The number of anilines is 2. The van der Waals surface area contributed by atoms with E-state index in [0.717, 1.165) is 28.6 Å². The number of carboxylic acid groups (broad SMARTS) is 1. The zero-order valence-electron chi connectivity index (χ0n) is 21.5. The van der Waals surface area contributed by atoms with E-state index in [9.17, 15) is 27.9 Å². The number of nitrogen functional groups attached to an aromatic ring is 1. The van der Waals surface area contributed by atoms with Gasteiger partial charge in [-0.1, -0.05) is 22.8 Å². The van der Waals surface area contributed by atoms with E-state index in [1.807, 2.05) is 6.92 Å². The average molecular weight is 556 g/mol. The molecule has 2 heterocycles. The number of nitrogens with two attached hydrogens (primary N) is 1. The Balaban J connectivity index is 1.69. The Kier molecular flexibility index (Phi) is 7.70. The number of hydrogen-bond acceptors (Lipinski definition) is 8. The van der Waals surface area contributed by atoms with Crippen molar-refractivity contribution in [3.8, 4) is 11.6 Å². The number of carbonyl (C=O) groups is 2. The van der Waals surface area contributed by atoms with Crippen LogP contribution in [-0.2, 0) is 12.7 Å². The number of tetrazole rings is 1. The topological polar surface area (TPSA) is 149 Å². The molecule has 4 rings (SSSR count). The van der Waals surface area contributed by atoms with Crippen LogP contribution in [0.25, 0.3) is 0 Å². The second kappa shape index (κ2) is 11.0. The molecular formula is C26H24F3N7O4. The highest BCUT2D eigenvalue weighted by Gasteiger charge is 2.36. The number of rotatable bonds is 8. The summed E-state index contributed by atoms with van der Waals surface area (Å²) >= 11 is 0. The number of nitrogens with zero attached hydrogens (tertiary/aromatic N) is 6. The van der Waals surface area contributed by atoms with Crippen molar-refractivity contribution in [2.75, 3.05) is 10.6 Å².